The van der Waals surface area contributed by atoms with E-state index in [1.807, 2.05) is 30.3 Å². The summed E-state index contributed by atoms with van der Waals surface area (Å²) in [7, 11) is 0. The molecule has 0 aromatic heterocycles. The molecule has 0 saturated carbocycles. The highest BCUT2D eigenvalue weighted by Crippen LogP contribution is 2.11. The first-order valence-corrected chi connectivity index (χ1v) is 3.50. The zero-order valence-corrected chi connectivity index (χ0v) is 6.20. The number of benzene rings is 1. The largest absolute Gasteiger partial charge is 0.395 e. The SMILES string of the molecule is OC[C](CO)c1ccccc1. The fourth-order valence-electron chi connectivity index (χ4n) is 0.906. The van der Waals surface area contributed by atoms with Crippen molar-refractivity contribution in [3.8, 4) is 0 Å². The van der Waals surface area contributed by atoms with Crippen molar-refractivity contribution in [3.05, 3.63) is 41.8 Å². The van der Waals surface area contributed by atoms with E-state index in [1.54, 1.807) is 0 Å². The van der Waals surface area contributed by atoms with Crippen LogP contribution in [0.2, 0.25) is 0 Å². The molecule has 1 radical (unpaired) electrons. The van der Waals surface area contributed by atoms with E-state index in [0.717, 1.165) is 5.56 Å². The number of aliphatic hydroxyl groups is 2. The van der Waals surface area contributed by atoms with Crippen LogP contribution in [0.15, 0.2) is 30.3 Å². The van der Waals surface area contributed by atoms with Gasteiger partial charge in [0.05, 0.1) is 19.1 Å². The second kappa shape index (κ2) is 4.11. The molecule has 0 spiro atoms. The van der Waals surface area contributed by atoms with Crippen molar-refractivity contribution in [2.45, 2.75) is 0 Å². The van der Waals surface area contributed by atoms with Gasteiger partial charge in [-0.15, -0.1) is 0 Å². The van der Waals surface area contributed by atoms with Gasteiger partial charge in [-0.2, -0.15) is 0 Å². The molecule has 0 heterocycles. The van der Waals surface area contributed by atoms with E-state index in [9.17, 15) is 0 Å². The van der Waals surface area contributed by atoms with Gasteiger partial charge >= 0.3 is 0 Å². The van der Waals surface area contributed by atoms with E-state index >= 15 is 0 Å². The average Bonchev–Trinajstić information content (AvgIpc) is 2.09. The van der Waals surface area contributed by atoms with Gasteiger partial charge in [0.25, 0.3) is 0 Å². The Kier molecular flexibility index (Phi) is 3.08. The van der Waals surface area contributed by atoms with Crippen molar-refractivity contribution in [2.75, 3.05) is 13.2 Å². The minimum atomic E-state index is -0.0828. The molecular weight excluding hydrogens is 140 g/mol. The highest BCUT2D eigenvalue weighted by atomic mass is 16.3. The predicted octanol–water partition coefficient (Wildman–Crippen LogP) is 0.594. The Labute approximate surface area is 66.1 Å². The Hall–Kier alpha value is -0.860. The lowest BCUT2D eigenvalue weighted by Crippen LogP contribution is -2.09. The standard InChI is InChI=1S/C9H11O2/c10-6-9(7-11)8-4-2-1-3-5-8/h1-5,10-11H,6-7H2. The second-order valence-corrected chi connectivity index (χ2v) is 2.29. The van der Waals surface area contributed by atoms with Gasteiger partial charge in [0.1, 0.15) is 0 Å². The quantitative estimate of drug-likeness (QED) is 0.664. The first kappa shape index (κ1) is 8.24. The van der Waals surface area contributed by atoms with Gasteiger partial charge in [0.15, 0.2) is 0 Å². The third-order valence-corrected chi connectivity index (χ3v) is 1.56. The average molecular weight is 151 g/mol. The molecule has 2 heteroatoms. The molecule has 11 heavy (non-hydrogen) atoms. The molecule has 59 valence electrons. The summed E-state index contributed by atoms with van der Waals surface area (Å²) in [5, 5.41) is 17.6. The Bertz CT molecular complexity index is 192. The molecule has 0 aliphatic carbocycles. The van der Waals surface area contributed by atoms with Crippen molar-refractivity contribution in [1.29, 1.82) is 0 Å². The Balaban J connectivity index is 2.74. The molecule has 0 amide bonds. The summed E-state index contributed by atoms with van der Waals surface area (Å²) in [6.45, 7) is -0.166. The number of rotatable bonds is 3. The van der Waals surface area contributed by atoms with E-state index < -0.39 is 0 Å². The van der Waals surface area contributed by atoms with Crippen LogP contribution in [0.3, 0.4) is 0 Å². The van der Waals surface area contributed by atoms with Gasteiger partial charge in [-0.1, -0.05) is 30.3 Å². The lowest BCUT2D eigenvalue weighted by atomic mass is 10.0. The van der Waals surface area contributed by atoms with Crippen LogP contribution in [0.25, 0.3) is 0 Å². The molecule has 2 N–H and O–H groups in total. The van der Waals surface area contributed by atoms with Crippen molar-refractivity contribution in [1.82, 2.24) is 0 Å². The maximum absolute atomic E-state index is 8.78. The number of aliphatic hydroxyl groups excluding tert-OH is 2. The van der Waals surface area contributed by atoms with Crippen LogP contribution in [-0.4, -0.2) is 23.4 Å². The second-order valence-electron chi connectivity index (χ2n) is 2.29. The molecular formula is C9H11O2. The van der Waals surface area contributed by atoms with Crippen LogP contribution in [0.5, 0.6) is 0 Å². The van der Waals surface area contributed by atoms with E-state index in [1.165, 1.54) is 0 Å². The van der Waals surface area contributed by atoms with Crippen LogP contribution >= 0.6 is 0 Å². The van der Waals surface area contributed by atoms with Crippen molar-refractivity contribution >= 4 is 0 Å². The van der Waals surface area contributed by atoms with Gasteiger partial charge in [0.2, 0.25) is 0 Å². The number of hydrogen-bond acceptors (Lipinski definition) is 2. The van der Waals surface area contributed by atoms with Crippen LogP contribution in [0.4, 0.5) is 0 Å². The summed E-state index contributed by atoms with van der Waals surface area (Å²) in [5.74, 6) is 0.658. The fourth-order valence-corrected chi connectivity index (χ4v) is 0.906. The van der Waals surface area contributed by atoms with Crippen molar-refractivity contribution in [3.63, 3.8) is 0 Å². The summed E-state index contributed by atoms with van der Waals surface area (Å²) in [4.78, 5) is 0. The van der Waals surface area contributed by atoms with Gasteiger partial charge in [-0.25, -0.2) is 0 Å². The Morgan fingerprint density at radius 2 is 1.55 bits per heavy atom. The molecule has 0 bridgehead atoms. The lowest BCUT2D eigenvalue weighted by molar-refractivity contribution is 0.251. The van der Waals surface area contributed by atoms with Crippen LogP contribution in [0, 0.1) is 5.92 Å². The highest BCUT2D eigenvalue weighted by Gasteiger charge is 2.07. The molecule has 0 unspecified atom stereocenters. The molecule has 0 saturated heterocycles. The molecule has 0 aliphatic heterocycles. The number of hydrogen-bond donors (Lipinski definition) is 2. The first-order chi connectivity index (χ1) is 5.38. The van der Waals surface area contributed by atoms with Crippen molar-refractivity contribution in [2.24, 2.45) is 0 Å². The van der Waals surface area contributed by atoms with Gasteiger partial charge in [0, 0.05) is 0 Å². The molecule has 0 atom stereocenters. The van der Waals surface area contributed by atoms with Gasteiger partial charge in [-0.3, -0.25) is 0 Å². The van der Waals surface area contributed by atoms with E-state index in [4.69, 9.17) is 10.2 Å². The molecule has 2 nitrogen and oxygen atoms in total. The summed E-state index contributed by atoms with van der Waals surface area (Å²) in [6.07, 6.45) is 0. The highest BCUT2D eigenvalue weighted by molar-refractivity contribution is 5.30. The summed E-state index contributed by atoms with van der Waals surface area (Å²) >= 11 is 0. The van der Waals surface area contributed by atoms with E-state index in [2.05, 4.69) is 0 Å². The zero-order chi connectivity index (χ0) is 8.10. The minimum absolute atomic E-state index is 0.0828. The summed E-state index contributed by atoms with van der Waals surface area (Å²) < 4.78 is 0. The van der Waals surface area contributed by atoms with Crippen LogP contribution in [0.1, 0.15) is 5.56 Å². The zero-order valence-electron chi connectivity index (χ0n) is 6.20. The van der Waals surface area contributed by atoms with Gasteiger partial charge in [-0.05, 0) is 5.56 Å². The third kappa shape index (κ3) is 2.03. The van der Waals surface area contributed by atoms with Crippen LogP contribution in [-0.2, 0) is 0 Å². The normalized spacial score (nSPS) is 10.5. The third-order valence-electron chi connectivity index (χ3n) is 1.56. The Morgan fingerprint density at radius 1 is 1.00 bits per heavy atom. The lowest BCUT2D eigenvalue weighted by Gasteiger charge is -2.08. The van der Waals surface area contributed by atoms with E-state index in [0.29, 0.717) is 5.92 Å². The smallest absolute Gasteiger partial charge is 0.0560 e. The predicted molar refractivity (Wildman–Crippen MR) is 43.0 cm³/mol. The fraction of sp³-hybridized carbons (Fsp3) is 0.222. The molecule has 0 aliphatic rings. The van der Waals surface area contributed by atoms with Gasteiger partial charge < -0.3 is 10.2 Å². The van der Waals surface area contributed by atoms with Crippen molar-refractivity contribution < 1.29 is 10.2 Å². The molecule has 1 aromatic rings. The maximum atomic E-state index is 8.78. The van der Waals surface area contributed by atoms with E-state index in [-0.39, 0.29) is 13.2 Å². The summed E-state index contributed by atoms with van der Waals surface area (Å²) in [5.41, 5.74) is 0.900. The molecule has 0 fully saturated rings. The molecule has 1 rings (SSSR count). The van der Waals surface area contributed by atoms with Crippen LogP contribution < -0.4 is 0 Å². The monoisotopic (exact) mass is 151 g/mol. The Morgan fingerprint density at radius 3 is 2.00 bits per heavy atom. The summed E-state index contributed by atoms with van der Waals surface area (Å²) in [6, 6.07) is 9.38. The topological polar surface area (TPSA) is 40.5 Å². The molecule has 1 aromatic carbocycles. The first-order valence-electron chi connectivity index (χ1n) is 3.50. The maximum Gasteiger partial charge on any atom is 0.0560 e. The minimum Gasteiger partial charge on any atom is -0.395 e.